The van der Waals surface area contributed by atoms with Crippen molar-refractivity contribution in [1.82, 2.24) is 10.2 Å². The average molecular weight is 279 g/mol. The molecule has 1 aliphatic carbocycles. The van der Waals surface area contributed by atoms with Crippen molar-refractivity contribution in [1.29, 1.82) is 0 Å². The highest BCUT2D eigenvalue weighted by Gasteiger charge is 2.29. The third kappa shape index (κ3) is 3.78. The van der Waals surface area contributed by atoms with Crippen molar-refractivity contribution in [3.05, 3.63) is 22.4 Å². The van der Waals surface area contributed by atoms with Crippen LogP contribution in [-0.4, -0.2) is 43.7 Å². The van der Waals surface area contributed by atoms with E-state index in [1.807, 2.05) is 11.3 Å². The Morgan fingerprint density at radius 3 is 2.95 bits per heavy atom. The van der Waals surface area contributed by atoms with E-state index in [4.69, 9.17) is 5.73 Å². The van der Waals surface area contributed by atoms with Gasteiger partial charge in [0.1, 0.15) is 0 Å². The van der Waals surface area contributed by atoms with E-state index >= 15 is 0 Å². The molecule has 19 heavy (non-hydrogen) atoms. The van der Waals surface area contributed by atoms with Crippen LogP contribution in [0.25, 0.3) is 0 Å². The molecule has 1 aromatic rings. The minimum Gasteiger partial charge on any atom is -0.329 e. The molecule has 1 saturated heterocycles. The number of nitrogens with zero attached hydrogens (tertiary/aromatic N) is 1. The largest absolute Gasteiger partial charge is 0.329 e. The first kappa shape index (κ1) is 13.6. The van der Waals surface area contributed by atoms with E-state index in [1.54, 1.807) is 4.88 Å². The molecule has 1 saturated carbocycles. The van der Waals surface area contributed by atoms with Crippen LogP contribution in [0, 0.1) is 5.92 Å². The molecule has 3 rings (SSSR count). The Balaban J connectivity index is 1.59. The number of hydrogen-bond acceptors (Lipinski definition) is 4. The van der Waals surface area contributed by atoms with Crippen LogP contribution in [0.15, 0.2) is 17.5 Å². The number of likely N-dealkylation sites (tertiary alicyclic amines) is 1. The van der Waals surface area contributed by atoms with E-state index in [-0.39, 0.29) is 0 Å². The smallest absolute Gasteiger partial charge is 0.0201 e. The summed E-state index contributed by atoms with van der Waals surface area (Å²) in [5, 5.41) is 5.98. The second-order valence-electron chi connectivity index (χ2n) is 6.04. The van der Waals surface area contributed by atoms with Crippen molar-refractivity contribution in [2.24, 2.45) is 11.7 Å². The Morgan fingerprint density at radius 2 is 2.26 bits per heavy atom. The predicted octanol–water partition coefficient (Wildman–Crippen LogP) is 1.86. The van der Waals surface area contributed by atoms with Crippen molar-refractivity contribution < 1.29 is 0 Å². The fourth-order valence-corrected chi connectivity index (χ4v) is 3.92. The third-order valence-electron chi connectivity index (χ3n) is 4.31. The lowest BCUT2D eigenvalue weighted by atomic mass is 9.92. The van der Waals surface area contributed by atoms with Gasteiger partial charge in [-0.1, -0.05) is 6.07 Å². The number of rotatable bonds is 6. The fraction of sp³-hybridized carbons (Fsp3) is 0.733. The summed E-state index contributed by atoms with van der Waals surface area (Å²) in [6, 6.07) is 5.11. The van der Waals surface area contributed by atoms with E-state index in [0.29, 0.717) is 12.0 Å². The summed E-state index contributed by atoms with van der Waals surface area (Å²) < 4.78 is 0. The summed E-state index contributed by atoms with van der Waals surface area (Å²) in [5.41, 5.74) is 5.74. The van der Waals surface area contributed by atoms with Gasteiger partial charge in [0.25, 0.3) is 0 Å². The van der Waals surface area contributed by atoms with Crippen LogP contribution in [0.4, 0.5) is 0 Å². The van der Waals surface area contributed by atoms with Crippen LogP contribution in [0.3, 0.4) is 0 Å². The molecule has 2 heterocycles. The van der Waals surface area contributed by atoms with Crippen LogP contribution >= 0.6 is 11.3 Å². The number of nitrogens with two attached hydrogens (primary N) is 1. The van der Waals surface area contributed by atoms with Gasteiger partial charge < -0.3 is 11.1 Å². The Bertz CT molecular complexity index is 375. The van der Waals surface area contributed by atoms with Crippen LogP contribution in [0.5, 0.6) is 0 Å². The van der Waals surface area contributed by atoms with Crippen molar-refractivity contribution in [2.75, 3.05) is 32.7 Å². The van der Waals surface area contributed by atoms with Gasteiger partial charge in [-0.3, -0.25) is 4.90 Å². The van der Waals surface area contributed by atoms with Gasteiger partial charge in [0, 0.05) is 43.0 Å². The lowest BCUT2D eigenvalue weighted by molar-refractivity contribution is 0.176. The standard InChI is InChI=1S/C15H25N3S/c16-5-6-18-10-13(15-2-1-7-19-15)8-14(11-18)17-9-12-3-4-12/h1-2,7,12-14,17H,3-6,8-11,16H2. The van der Waals surface area contributed by atoms with Crippen molar-refractivity contribution >= 4 is 11.3 Å². The summed E-state index contributed by atoms with van der Waals surface area (Å²) in [6.45, 7) is 5.37. The maximum Gasteiger partial charge on any atom is 0.0201 e. The zero-order valence-electron chi connectivity index (χ0n) is 11.6. The molecule has 3 N–H and O–H groups in total. The molecule has 1 aromatic heterocycles. The highest BCUT2D eigenvalue weighted by molar-refractivity contribution is 7.10. The van der Waals surface area contributed by atoms with Gasteiger partial charge in [-0.2, -0.15) is 0 Å². The summed E-state index contributed by atoms with van der Waals surface area (Å²) in [7, 11) is 0. The highest BCUT2D eigenvalue weighted by atomic mass is 32.1. The number of piperidine rings is 1. The van der Waals surface area contributed by atoms with Gasteiger partial charge in [0.05, 0.1) is 0 Å². The molecule has 0 bridgehead atoms. The first-order chi connectivity index (χ1) is 9.35. The van der Waals surface area contributed by atoms with Gasteiger partial charge in [-0.15, -0.1) is 11.3 Å². The maximum absolute atomic E-state index is 5.74. The number of nitrogens with one attached hydrogen (secondary N) is 1. The minimum atomic E-state index is 0.646. The fourth-order valence-electron chi connectivity index (χ4n) is 3.09. The zero-order valence-corrected chi connectivity index (χ0v) is 12.4. The van der Waals surface area contributed by atoms with Gasteiger partial charge in [-0.05, 0) is 43.2 Å². The Labute approximate surface area is 120 Å². The number of thiophene rings is 1. The SMILES string of the molecule is NCCN1CC(NCC2CC2)CC(c2cccs2)C1. The lowest BCUT2D eigenvalue weighted by Gasteiger charge is -2.38. The first-order valence-electron chi connectivity index (χ1n) is 7.54. The van der Waals surface area contributed by atoms with E-state index in [1.165, 1.54) is 38.9 Å². The van der Waals surface area contributed by atoms with Gasteiger partial charge in [-0.25, -0.2) is 0 Å². The quantitative estimate of drug-likeness (QED) is 0.835. The minimum absolute atomic E-state index is 0.646. The van der Waals surface area contributed by atoms with Gasteiger partial charge in [0.15, 0.2) is 0 Å². The third-order valence-corrected chi connectivity index (χ3v) is 5.34. The topological polar surface area (TPSA) is 41.3 Å². The molecule has 2 fully saturated rings. The zero-order chi connectivity index (χ0) is 13.1. The first-order valence-corrected chi connectivity index (χ1v) is 8.42. The van der Waals surface area contributed by atoms with Crippen molar-refractivity contribution in [3.8, 4) is 0 Å². The molecule has 2 unspecified atom stereocenters. The molecule has 1 aliphatic heterocycles. The summed E-state index contributed by atoms with van der Waals surface area (Å²) in [5.74, 6) is 1.65. The lowest BCUT2D eigenvalue weighted by Crippen LogP contribution is -2.50. The molecule has 0 aromatic carbocycles. The maximum atomic E-state index is 5.74. The molecule has 106 valence electrons. The van der Waals surface area contributed by atoms with Gasteiger partial charge in [0.2, 0.25) is 0 Å². The second kappa shape index (κ2) is 6.35. The molecule has 4 heteroatoms. The Morgan fingerprint density at radius 1 is 1.37 bits per heavy atom. The van der Waals surface area contributed by atoms with E-state index in [2.05, 4.69) is 27.7 Å². The second-order valence-corrected chi connectivity index (χ2v) is 7.02. The summed E-state index contributed by atoms with van der Waals surface area (Å²) in [4.78, 5) is 4.08. The van der Waals surface area contributed by atoms with Crippen LogP contribution in [-0.2, 0) is 0 Å². The molecule has 0 amide bonds. The van der Waals surface area contributed by atoms with Gasteiger partial charge >= 0.3 is 0 Å². The van der Waals surface area contributed by atoms with Crippen LogP contribution in [0.1, 0.15) is 30.1 Å². The highest BCUT2D eigenvalue weighted by Crippen LogP contribution is 2.31. The van der Waals surface area contributed by atoms with E-state index in [0.717, 1.165) is 19.0 Å². The molecule has 3 nitrogen and oxygen atoms in total. The molecular weight excluding hydrogens is 254 g/mol. The molecule has 2 aliphatic rings. The van der Waals surface area contributed by atoms with Crippen molar-refractivity contribution in [3.63, 3.8) is 0 Å². The summed E-state index contributed by atoms with van der Waals surface area (Å²) >= 11 is 1.90. The Hall–Kier alpha value is -0.420. The summed E-state index contributed by atoms with van der Waals surface area (Å²) in [6.07, 6.45) is 4.15. The van der Waals surface area contributed by atoms with Crippen molar-refractivity contribution in [2.45, 2.75) is 31.2 Å². The monoisotopic (exact) mass is 279 g/mol. The van der Waals surface area contributed by atoms with E-state index in [9.17, 15) is 0 Å². The van der Waals surface area contributed by atoms with Crippen LogP contribution < -0.4 is 11.1 Å². The molecule has 2 atom stereocenters. The van der Waals surface area contributed by atoms with E-state index < -0.39 is 0 Å². The number of hydrogen-bond donors (Lipinski definition) is 2. The normalized spacial score (nSPS) is 28.7. The molecular formula is C15H25N3S. The van der Waals surface area contributed by atoms with Crippen LogP contribution in [0.2, 0.25) is 0 Å². The Kier molecular flexibility index (Phi) is 4.53. The average Bonchev–Trinajstić information content (AvgIpc) is 3.08. The predicted molar refractivity (Wildman–Crippen MR) is 81.7 cm³/mol. The molecule has 0 radical (unpaired) electrons. The molecule has 0 spiro atoms.